The van der Waals surface area contributed by atoms with Crippen LogP contribution in [0.2, 0.25) is 0 Å². The van der Waals surface area contributed by atoms with Crippen molar-refractivity contribution in [3.8, 4) is 5.75 Å². The molecule has 0 aliphatic carbocycles. The fourth-order valence-corrected chi connectivity index (χ4v) is 3.90. The summed E-state index contributed by atoms with van der Waals surface area (Å²) in [5.41, 5.74) is 1.36. The summed E-state index contributed by atoms with van der Waals surface area (Å²) in [6, 6.07) is 15.5. The number of hydrogen-bond acceptors (Lipinski definition) is 5. The molecule has 0 saturated carbocycles. The Bertz CT molecular complexity index is 979. The lowest BCUT2D eigenvalue weighted by molar-refractivity contribution is -0.140. The number of Topliss-reactive ketones (excluding diaryl/α,β-unsaturated/α-hetero) is 1. The highest BCUT2D eigenvalue weighted by molar-refractivity contribution is 6.46. The zero-order valence-corrected chi connectivity index (χ0v) is 18.7. The minimum Gasteiger partial charge on any atom is -0.507 e. The number of amides is 1. The van der Waals surface area contributed by atoms with E-state index in [0.717, 1.165) is 18.7 Å². The van der Waals surface area contributed by atoms with Crippen molar-refractivity contribution in [2.75, 3.05) is 32.8 Å². The molecule has 1 heterocycles. The number of ether oxygens (including phenoxy) is 1. The predicted molar refractivity (Wildman–Crippen MR) is 125 cm³/mol. The molecule has 1 unspecified atom stereocenters. The summed E-state index contributed by atoms with van der Waals surface area (Å²) in [5.74, 6) is -0.806. The van der Waals surface area contributed by atoms with E-state index in [0.29, 0.717) is 31.0 Å². The number of likely N-dealkylation sites (tertiary alicyclic amines) is 1. The number of carbonyl (C=O) groups excluding carboxylic acids is 2. The van der Waals surface area contributed by atoms with Gasteiger partial charge in [0, 0.05) is 18.7 Å². The summed E-state index contributed by atoms with van der Waals surface area (Å²) in [6.07, 6.45) is 1.65. The van der Waals surface area contributed by atoms with Crippen LogP contribution in [0.1, 0.15) is 31.0 Å². The van der Waals surface area contributed by atoms with E-state index in [9.17, 15) is 14.7 Å². The van der Waals surface area contributed by atoms with Gasteiger partial charge in [0.05, 0.1) is 11.6 Å². The molecule has 6 nitrogen and oxygen atoms in total. The molecule has 6 heteroatoms. The Morgan fingerprint density at radius 2 is 1.75 bits per heavy atom. The Hall–Kier alpha value is -3.38. The second-order valence-electron chi connectivity index (χ2n) is 7.55. The Morgan fingerprint density at radius 3 is 2.34 bits per heavy atom. The van der Waals surface area contributed by atoms with E-state index in [1.54, 1.807) is 35.2 Å². The van der Waals surface area contributed by atoms with Gasteiger partial charge in [-0.3, -0.25) is 9.59 Å². The molecule has 1 N–H and O–H groups in total. The molecular formula is C26H30N2O4. The van der Waals surface area contributed by atoms with Crippen LogP contribution in [0.25, 0.3) is 5.76 Å². The Kier molecular flexibility index (Phi) is 7.84. The van der Waals surface area contributed by atoms with Crippen LogP contribution >= 0.6 is 0 Å². The van der Waals surface area contributed by atoms with E-state index >= 15 is 0 Å². The molecule has 0 bridgehead atoms. The normalized spacial score (nSPS) is 17.7. The summed E-state index contributed by atoms with van der Waals surface area (Å²) in [4.78, 5) is 29.8. The number of carbonyl (C=O) groups is 2. The lowest BCUT2D eigenvalue weighted by atomic mass is 9.95. The largest absolute Gasteiger partial charge is 0.507 e. The highest BCUT2D eigenvalue weighted by atomic mass is 16.5. The smallest absolute Gasteiger partial charge is 0.295 e. The molecular weight excluding hydrogens is 404 g/mol. The summed E-state index contributed by atoms with van der Waals surface area (Å²) in [6.45, 7) is 10.9. The van der Waals surface area contributed by atoms with E-state index < -0.39 is 17.7 Å². The van der Waals surface area contributed by atoms with Gasteiger partial charge in [-0.05, 0) is 42.9 Å². The van der Waals surface area contributed by atoms with Crippen molar-refractivity contribution in [1.29, 1.82) is 0 Å². The van der Waals surface area contributed by atoms with Crippen molar-refractivity contribution in [2.45, 2.75) is 19.9 Å². The molecule has 32 heavy (non-hydrogen) atoms. The number of nitrogens with zero attached hydrogens (tertiary/aromatic N) is 2. The van der Waals surface area contributed by atoms with Crippen LogP contribution in [0.5, 0.6) is 5.75 Å². The number of aliphatic hydroxyl groups is 1. The van der Waals surface area contributed by atoms with Crippen LogP contribution in [-0.2, 0) is 9.59 Å². The fourth-order valence-electron chi connectivity index (χ4n) is 3.90. The zero-order valence-electron chi connectivity index (χ0n) is 18.7. The quantitative estimate of drug-likeness (QED) is 0.265. The van der Waals surface area contributed by atoms with Gasteiger partial charge in [-0.1, -0.05) is 56.8 Å². The van der Waals surface area contributed by atoms with Crippen molar-refractivity contribution < 1.29 is 19.4 Å². The maximum atomic E-state index is 13.0. The van der Waals surface area contributed by atoms with Gasteiger partial charge in [0.1, 0.15) is 18.1 Å². The van der Waals surface area contributed by atoms with Gasteiger partial charge in [-0.25, -0.2) is 0 Å². The number of rotatable bonds is 10. The molecule has 1 fully saturated rings. The zero-order chi connectivity index (χ0) is 23.1. The molecule has 168 valence electrons. The summed E-state index contributed by atoms with van der Waals surface area (Å²) < 4.78 is 5.49. The van der Waals surface area contributed by atoms with E-state index in [1.165, 1.54) is 0 Å². The lowest BCUT2D eigenvalue weighted by Crippen LogP contribution is -2.38. The molecule has 1 amide bonds. The third kappa shape index (κ3) is 4.92. The second-order valence-corrected chi connectivity index (χ2v) is 7.55. The average Bonchev–Trinajstić information content (AvgIpc) is 3.08. The highest BCUT2D eigenvalue weighted by Crippen LogP contribution is 2.39. The molecule has 1 aliphatic rings. The SMILES string of the molecule is C=CCOc1ccc(C(O)=C2C(=O)C(=O)N(CCN(CC)CC)C2c2ccccc2)cc1. The predicted octanol–water partition coefficient (Wildman–Crippen LogP) is 4.01. The highest BCUT2D eigenvalue weighted by Gasteiger charge is 2.45. The minimum atomic E-state index is -0.664. The first-order valence-corrected chi connectivity index (χ1v) is 10.9. The first kappa shape index (κ1) is 23.3. The van der Waals surface area contributed by atoms with Crippen molar-refractivity contribution >= 4 is 17.4 Å². The Morgan fingerprint density at radius 1 is 1.09 bits per heavy atom. The molecule has 0 radical (unpaired) electrons. The van der Waals surface area contributed by atoms with Gasteiger partial charge in [0.15, 0.2) is 0 Å². The molecule has 1 saturated heterocycles. The Labute approximate surface area is 189 Å². The van der Waals surface area contributed by atoms with E-state index in [-0.39, 0.29) is 11.3 Å². The van der Waals surface area contributed by atoms with Crippen LogP contribution in [0.4, 0.5) is 0 Å². The van der Waals surface area contributed by atoms with Crippen LogP contribution in [0.3, 0.4) is 0 Å². The first-order chi connectivity index (χ1) is 15.5. The number of hydrogen-bond donors (Lipinski definition) is 1. The van der Waals surface area contributed by atoms with Crippen molar-refractivity contribution in [1.82, 2.24) is 9.80 Å². The molecule has 0 aromatic heterocycles. The molecule has 1 aliphatic heterocycles. The number of ketones is 1. The standard InChI is InChI=1S/C26H30N2O4/c1-4-18-32-21-14-12-20(13-15-21)24(29)22-23(19-10-8-7-9-11-19)28(26(31)25(22)30)17-16-27(5-2)6-3/h4,7-15,23,29H,1,5-6,16-18H2,2-3H3. The fraction of sp³-hybridized carbons (Fsp3) is 0.308. The van der Waals surface area contributed by atoms with Gasteiger partial charge in [0.25, 0.3) is 11.7 Å². The number of aliphatic hydroxyl groups excluding tert-OH is 1. The van der Waals surface area contributed by atoms with Gasteiger partial charge >= 0.3 is 0 Å². The minimum absolute atomic E-state index is 0.112. The maximum Gasteiger partial charge on any atom is 0.295 e. The van der Waals surface area contributed by atoms with Crippen LogP contribution in [0, 0.1) is 0 Å². The van der Waals surface area contributed by atoms with Crippen LogP contribution in [0.15, 0.2) is 72.8 Å². The van der Waals surface area contributed by atoms with Crippen LogP contribution in [-0.4, -0.2) is 59.4 Å². The average molecular weight is 435 g/mol. The van der Waals surface area contributed by atoms with Crippen molar-refractivity contribution in [2.24, 2.45) is 0 Å². The Balaban J connectivity index is 2.00. The van der Waals surface area contributed by atoms with Crippen molar-refractivity contribution in [3.05, 3.63) is 84.0 Å². The van der Waals surface area contributed by atoms with Gasteiger partial charge in [-0.2, -0.15) is 0 Å². The summed E-state index contributed by atoms with van der Waals surface area (Å²) >= 11 is 0. The summed E-state index contributed by atoms with van der Waals surface area (Å²) in [7, 11) is 0. The third-order valence-corrected chi connectivity index (χ3v) is 5.70. The van der Waals surface area contributed by atoms with Gasteiger partial charge < -0.3 is 19.6 Å². The topological polar surface area (TPSA) is 70.1 Å². The van der Waals surface area contributed by atoms with E-state index in [4.69, 9.17) is 4.74 Å². The third-order valence-electron chi connectivity index (χ3n) is 5.70. The number of likely N-dealkylation sites (N-methyl/N-ethyl adjacent to an activating group) is 1. The lowest BCUT2D eigenvalue weighted by Gasteiger charge is -2.28. The second kappa shape index (κ2) is 10.8. The molecule has 2 aromatic rings. The van der Waals surface area contributed by atoms with E-state index in [2.05, 4.69) is 25.3 Å². The monoisotopic (exact) mass is 434 g/mol. The van der Waals surface area contributed by atoms with Gasteiger partial charge in [-0.15, -0.1) is 0 Å². The van der Waals surface area contributed by atoms with E-state index in [1.807, 2.05) is 30.3 Å². The molecule has 0 spiro atoms. The maximum absolute atomic E-state index is 13.0. The molecule has 3 rings (SSSR count). The molecule has 2 aromatic carbocycles. The number of benzene rings is 2. The van der Waals surface area contributed by atoms with Gasteiger partial charge in [0.2, 0.25) is 0 Å². The van der Waals surface area contributed by atoms with Crippen molar-refractivity contribution in [3.63, 3.8) is 0 Å². The molecule has 1 atom stereocenters. The van der Waals surface area contributed by atoms with Crippen LogP contribution < -0.4 is 4.74 Å². The first-order valence-electron chi connectivity index (χ1n) is 10.9. The summed E-state index contributed by atoms with van der Waals surface area (Å²) in [5, 5.41) is 11.1.